The number of hydrogen-bond donors (Lipinski definition) is 0. The molecule has 4 nitrogen and oxygen atoms in total. The van der Waals surface area contributed by atoms with Crippen molar-refractivity contribution in [3.05, 3.63) is 0 Å². The molecule has 19 heavy (non-hydrogen) atoms. The summed E-state index contributed by atoms with van der Waals surface area (Å²) in [6.07, 6.45) is -6.30. The van der Waals surface area contributed by atoms with Gasteiger partial charge >= 0.3 is 69.3 Å². The summed E-state index contributed by atoms with van der Waals surface area (Å²) in [5.74, 6) is -3.52. The molecular weight excluding hydrogens is 311 g/mol. The van der Waals surface area contributed by atoms with Crippen molar-refractivity contribution in [1.82, 2.24) is 4.90 Å². The maximum atomic E-state index is 13.5. The third-order valence-electron chi connectivity index (χ3n) is 2.49. The van der Waals surface area contributed by atoms with Crippen LogP contribution in [0.3, 0.4) is 0 Å². The van der Waals surface area contributed by atoms with Crippen LogP contribution in [0.5, 0.6) is 0 Å². The summed E-state index contributed by atoms with van der Waals surface area (Å²) in [5, 5.41) is 10.2. The zero-order chi connectivity index (χ0) is 14.2. The number of aliphatic carboxylic acids is 1. The Labute approximate surface area is 146 Å². The summed E-state index contributed by atoms with van der Waals surface area (Å²) in [5.41, 5.74) is -5.77. The first kappa shape index (κ1) is 19.6. The van der Waals surface area contributed by atoms with Crippen molar-refractivity contribution in [2.75, 3.05) is 26.3 Å². The minimum Gasteiger partial charge on any atom is -0.546 e. The van der Waals surface area contributed by atoms with Crippen LogP contribution in [-0.4, -0.2) is 55.1 Å². The minimum absolute atomic E-state index is 0. The average molecular weight is 319 g/mol. The van der Waals surface area contributed by atoms with Gasteiger partial charge < -0.3 is 14.6 Å². The molecule has 1 atom stereocenters. The van der Waals surface area contributed by atoms with Crippen molar-refractivity contribution in [2.45, 2.75) is 17.9 Å². The van der Waals surface area contributed by atoms with E-state index in [4.69, 9.17) is 0 Å². The van der Waals surface area contributed by atoms with Crippen molar-refractivity contribution < 1.29 is 92.4 Å². The SMILES string of the molecule is O=C([O-])C(F)(C(F)(F)F)C(F)(F)N1CCOCC1.[K+]. The van der Waals surface area contributed by atoms with E-state index in [1.807, 2.05) is 0 Å². The monoisotopic (exact) mass is 319 g/mol. The molecule has 0 amide bonds. The van der Waals surface area contributed by atoms with Gasteiger partial charge in [-0.3, -0.25) is 0 Å². The van der Waals surface area contributed by atoms with Crippen LogP contribution in [0.25, 0.3) is 0 Å². The molecule has 0 radical (unpaired) electrons. The Hall–Kier alpha value is 0.606. The summed E-state index contributed by atoms with van der Waals surface area (Å²) in [6.45, 7) is -2.14. The summed E-state index contributed by atoms with van der Waals surface area (Å²) >= 11 is 0. The molecular formula is C8H8F6KNO3. The summed E-state index contributed by atoms with van der Waals surface area (Å²) in [7, 11) is 0. The van der Waals surface area contributed by atoms with E-state index in [2.05, 4.69) is 4.74 Å². The molecule has 1 fully saturated rings. The first-order valence-electron chi connectivity index (χ1n) is 4.73. The maximum absolute atomic E-state index is 13.5. The van der Waals surface area contributed by atoms with Gasteiger partial charge in [-0.15, -0.1) is 0 Å². The predicted octanol–water partition coefficient (Wildman–Crippen LogP) is -3.06. The fraction of sp³-hybridized carbons (Fsp3) is 0.875. The Kier molecular flexibility index (Phi) is 6.79. The molecule has 0 N–H and O–H groups in total. The number of carboxylic acid groups (broad SMARTS) is 1. The van der Waals surface area contributed by atoms with Crippen molar-refractivity contribution >= 4 is 5.97 Å². The molecule has 0 aromatic heterocycles. The van der Waals surface area contributed by atoms with Crippen LogP contribution in [-0.2, 0) is 9.53 Å². The van der Waals surface area contributed by atoms with Crippen molar-refractivity contribution in [3.63, 3.8) is 0 Å². The van der Waals surface area contributed by atoms with Crippen molar-refractivity contribution in [2.24, 2.45) is 0 Å². The van der Waals surface area contributed by atoms with Gasteiger partial charge in [-0.1, -0.05) is 0 Å². The second kappa shape index (κ2) is 6.58. The Morgan fingerprint density at radius 1 is 1.05 bits per heavy atom. The quantitative estimate of drug-likeness (QED) is 0.315. The molecule has 0 aromatic rings. The van der Waals surface area contributed by atoms with Crippen LogP contribution < -0.4 is 56.5 Å². The second-order valence-electron chi connectivity index (χ2n) is 3.58. The Morgan fingerprint density at radius 2 is 1.47 bits per heavy atom. The fourth-order valence-electron chi connectivity index (χ4n) is 1.47. The van der Waals surface area contributed by atoms with Gasteiger partial charge in [0.15, 0.2) is 0 Å². The van der Waals surface area contributed by atoms with Crippen LogP contribution in [0.4, 0.5) is 26.3 Å². The number of nitrogens with zero attached hydrogens (tertiary/aromatic N) is 1. The number of carboxylic acids is 1. The standard InChI is InChI=1S/C8H9F6NO3.K/c9-6(5(16)17,7(10,11)12)8(13,14)15-1-3-18-4-2-15;/h1-4H2,(H,16,17);/q;+1/p-1. The molecule has 106 valence electrons. The van der Waals surface area contributed by atoms with E-state index >= 15 is 0 Å². The number of morpholine rings is 1. The van der Waals surface area contributed by atoms with Crippen LogP contribution in [0.15, 0.2) is 0 Å². The molecule has 1 aliphatic rings. The van der Waals surface area contributed by atoms with Crippen molar-refractivity contribution in [3.8, 4) is 0 Å². The summed E-state index contributed by atoms with van der Waals surface area (Å²) < 4.78 is 81.7. The van der Waals surface area contributed by atoms with E-state index in [0.717, 1.165) is 0 Å². The molecule has 11 heteroatoms. The van der Waals surface area contributed by atoms with Gasteiger partial charge in [0, 0.05) is 13.1 Å². The van der Waals surface area contributed by atoms with Crippen LogP contribution in [0.2, 0.25) is 0 Å². The molecule has 1 aliphatic heterocycles. The topological polar surface area (TPSA) is 52.6 Å². The van der Waals surface area contributed by atoms with Gasteiger partial charge in [0.05, 0.1) is 19.2 Å². The number of alkyl halides is 6. The smallest absolute Gasteiger partial charge is 0.546 e. The van der Waals surface area contributed by atoms with E-state index in [1.54, 1.807) is 0 Å². The van der Waals surface area contributed by atoms with Gasteiger partial charge in [0.25, 0.3) is 0 Å². The fourth-order valence-corrected chi connectivity index (χ4v) is 1.47. The predicted molar refractivity (Wildman–Crippen MR) is 42.2 cm³/mol. The number of halogens is 6. The summed E-state index contributed by atoms with van der Waals surface area (Å²) in [4.78, 5) is 9.99. The van der Waals surface area contributed by atoms with Crippen LogP contribution >= 0.6 is 0 Å². The molecule has 1 unspecified atom stereocenters. The molecule has 0 saturated carbocycles. The number of hydrogen-bond acceptors (Lipinski definition) is 4. The Bertz CT molecular complexity index is 333. The Balaban J connectivity index is 0.00000324. The molecule has 0 bridgehead atoms. The third kappa shape index (κ3) is 3.44. The molecule has 1 rings (SSSR count). The largest absolute Gasteiger partial charge is 1.00 e. The minimum atomic E-state index is -6.30. The number of carbonyl (C=O) groups excluding carboxylic acids is 1. The zero-order valence-electron chi connectivity index (χ0n) is 9.77. The molecule has 0 aliphatic carbocycles. The van der Waals surface area contributed by atoms with Crippen molar-refractivity contribution in [1.29, 1.82) is 0 Å². The van der Waals surface area contributed by atoms with E-state index in [9.17, 15) is 36.2 Å². The molecule has 0 spiro atoms. The summed E-state index contributed by atoms with van der Waals surface area (Å²) in [6, 6.07) is -5.27. The normalized spacial score (nSPS) is 21.4. The van der Waals surface area contributed by atoms with Gasteiger partial charge in [0.1, 0.15) is 0 Å². The maximum Gasteiger partial charge on any atom is 1.00 e. The second-order valence-corrected chi connectivity index (χ2v) is 3.58. The van der Waals surface area contributed by atoms with Crippen LogP contribution in [0, 0.1) is 0 Å². The van der Waals surface area contributed by atoms with Gasteiger partial charge in [0.2, 0.25) is 0 Å². The number of carbonyl (C=O) groups is 1. The first-order chi connectivity index (χ1) is 8.05. The first-order valence-corrected chi connectivity index (χ1v) is 4.73. The molecule has 0 aromatic carbocycles. The van der Waals surface area contributed by atoms with E-state index in [0.29, 0.717) is 0 Å². The average Bonchev–Trinajstić information content (AvgIpc) is 2.27. The third-order valence-corrected chi connectivity index (χ3v) is 2.49. The van der Waals surface area contributed by atoms with Gasteiger partial charge in [-0.25, -0.2) is 9.29 Å². The zero-order valence-corrected chi connectivity index (χ0v) is 12.9. The van der Waals surface area contributed by atoms with E-state index in [-0.39, 0.29) is 69.5 Å². The number of ether oxygens (including phenoxy) is 1. The molecule has 1 saturated heterocycles. The van der Waals surface area contributed by atoms with Gasteiger partial charge in [-0.2, -0.15) is 22.0 Å². The Morgan fingerprint density at radius 3 is 1.79 bits per heavy atom. The molecule has 1 heterocycles. The van der Waals surface area contributed by atoms with E-state index < -0.39 is 37.0 Å². The number of rotatable bonds is 3. The van der Waals surface area contributed by atoms with E-state index in [1.165, 1.54) is 0 Å². The van der Waals surface area contributed by atoms with Crippen LogP contribution in [0.1, 0.15) is 0 Å². The van der Waals surface area contributed by atoms with Gasteiger partial charge in [-0.05, 0) is 0 Å².